The Morgan fingerprint density at radius 1 is 1.40 bits per heavy atom. The largest absolute Gasteiger partial charge is 0.450 e. The zero-order valence-electron chi connectivity index (χ0n) is 13.5. The first kappa shape index (κ1) is 17.4. The maximum Gasteiger partial charge on any atom is 0.410 e. The predicted octanol–water partition coefficient (Wildman–Crippen LogP) is 2.68. The van der Waals surface area contributed by atoms with Crippen molar-refractivity contribution in [3.63, 3.8) is 0 Å². The summed E-state index contributed by atoms with van der Waals surface area (Å²) in [5, 5.41) is 5.01. The lowest BCUT2D eigenvalue weighted by Crippen LogP contribution is -2.36. The molecule has 0 saturated heterocycles. The van der Waals surface area contributed by atoms with Crippen LogP contribution in [0.2, 0.25) is 0 Å². The van der Waals surface area contributed by atoms with Crippen molar-refractivity contribution in [3.8, 4) is 0 Å². The molecule has 0 unspecified atom stereocenters. The summed E-state index contributed by atoms with van der Waals surface area (Å²) in [4.78, 5) is 39.1. The number of fused-ring (bicyclic) bond motifs is 1. The minimum Gasteiger partial charge on any atom is -0.450 e. The van der Waals surface area contributed by atoms with E-state index in [0.29, 0.717) is 41.6 Å². The predicted molar refractivity (Wildman–Crippen MR) is 96.2 cm³/mol. The smallest absolute Gasteiger partial charge is 0.410 e. The van der Waals surface area contributed by atoms with Gasteiger partial charge in [-0.1, -0.05) is 6.07 Å². The first-order valence-corrected chi connectivity index (χ1v) is 9.41. The van der Waals surface area contributed by atoms with Crippen LogP contribution < -0.4 is 11.1 Å². The molecule has 9 heteroatoms. The van der Waals surface area contributed by atoms with Crippen molar-refractivity contribution in [1.82, 2.24) is 4.90 Å². The normalized spacial score (nSPS) is 13.2. The third-order valence-electron chi connectivity index (χ3n) is 3.80. The first-order valence-electron chi connectivity index (χ1n) is 7.72. The second kappa shape index (κ2) is 7.24. The highest BCUT2D eigenvalue weighted by molar-refractivity contribution is 7.17. The van der Waals surface area contributed by atoms with Crippen molar-refractivity contribution in [2.45, 2.75) is 19.9 Å². The van der Waals surface area contributed by atoms with Gasteiger partial charge >= 0.3 is 6.09 Å². The van der Waals surface area contributed by atoms with E-state index < -0.39 is 5.91 Å². The number of primary amides is 1. The van der Waals surface area contributed by atoms with E-state index in [1.165, 1.54) is 22.7 Å². The van der Waals surface area contributed by atoms with Gasteiger partial charge in [0.25, 0.3) is 11.8 Å². The molecule has 3 amide bonds. The number of nitrogens with zero attached hydrogens (tertiary/aromatic N) is 1. The number of nitrogens with one attached hydrogen (secondary N) is 1. The second-order valence-electron chi connectivity index (χ2n) is 5.37. The molecule has 0 aliphatic carbocycles. The van der Waals surface area contributed by atoms with Crippen LogP contribution in [0.5, 0.6) is 0 Å². The Bertz CT molecular complexity index is 814. The van der Waals surface area contributed by atoms with E-state index in [1.807, 2.05) is 0 Å². The summed E-state index contributed by atoms with van der Waals surface area (Å²) in [5.74, 6) is -0.859. The highest BCUT2D eigenvalue weighted by Gasteiger charge is 2.30. The summed E-state index contributed by atoms with van der Waals surface area (Å²) in [7, 11) is 0. The van der Waals surface area contributed by atoms with Crippen LogP contribution >= 0.6 is 22.7 Å². The molecule has 3 heterocycles. The number of rotatable bonds is 4. The van der Waals surface area contributed by atoms with Gasteiger partial charge in [0, 0.05) is 11.4 Å². The molecule has 132 valence electrons. The molecule has 0 spiro atoms. The molecule has 2 aromatic rings. The molecule has 3 N–H and O–H groups in total. The van der Waals surface area contributed by atoms with Crippen LogP contribution in [-0.4, -0.2) is 36.0 Å². The molecule has 0 saturated carbocycles. The van der Waals surface area contributed by atoms with Gasteiger partial charge in [-0.25, -0.2) is 4.79 Å². The Morgan fingerprint density at radius 2 is 2.20 bits per heavy atom. The van der Waals surface area contributed by atoms with Gasteiger partial charge in [-0.15, -0.1) is 22.7 Å². The monoisotopic (exact) mass is 379 g/mol. The lowest BCUT2D eigenvalue weighted by Gasteiger charge is -2.26. The zero-order valence-corrected chi connectivity index (χ0v) is 15.2. The fourth-order valence-corrected chi connectivity index (χ4v) is 4.58. The van der Waals surface area contributed by atoms with E-state index in [2.05, 4.69) is 5.32 Å². The average molecular weight is 379 g/mol. The average Bonchev–Trinajstić information content (AvgIpc) is 3.21. The van der Waals surface area contributed by atoms with Crippen molar-refractivity contribution >= 4 is 45.6 Å². The van der Waals surface area contributed by atoms with Crippen LogP contribution in [0, 0.1) is 0 Å². The summed E-state index contributed by atoms with van der Waals surface area (Å²) in [6, 6.07) is 3.49. The van der Waals surface area contributed by atoms with Crippen LogP contribution in [0.15, 0.2) is 17.5 Å². The molecular formula is C16H17N3O4S2. The van der Waals surface area contributed by atoms with E-state index in [9.17, 15) is 14.4 Å². The number of carbonyl (C=O) groups is 3. The van der Waals surface area contributed by atoms with E-state index in [1.54, 1.807) is 29.3 Å². The minimum atomic E-state index is -0.580. The molecule has 2 aromatic heterocycles. The molecule has 0 bridgehead atoms. The van der Waals surface area contributed by atoms with Gasteiger partial charge in [-0.3, -0.25) is 9.59 Å². The molecular weight excluding hydrogens is 362 g/mol. The van der Waals surface area contributed by atoms with Gasteiger partial charge < -0.3 is 20.7 Å². The summed E-state index contributed by atoms with van der Waals surface area (Å²) >= 11 is 2.59. The van der Waals surface area contributed by atoms with Crippen molar-refractivity contribution in [3.05, 3.63) is 38.4 Å². The number of hydrogen-bond acceptors (Lipinski definition) is 6. The lowest BCUT2D eigenvalue weighted by molar-refractivity contribution is 0.0997. The van der Waals surface area contributed by atoms with Gasteiger partial charge in [0.2, 0.25) is 0 Å². The number of ether oxygens (including phenoxy) is 1. The van der Waals surface area contributed by atoms with Gasteiger partial charge in [-0.05, 0) is 30.4 Å². The molecule has 0 aromatic carbocycles. The highest BCUT2D eigenvalue weighted by Crippen LogP contribution is 2.37. The highest BCUT2D eigenvalue weighted by atomic mass is 32.1. The van der Waals surface area contributed by atoms with E-state index in [-0.39, 0.29) is 12.0 Å². The van der Waals surface area contributed by atoms with Crippen LogP contribution in [0.25, 0.3) is 0 Å². The number of nitrogens with two attached hydrogens (primary N) is 1. The van der Waals surface area contributed by atoms with Gasteiger partial charge in [-0.2, -0.15) is 0 Å². The zero-order chi connectivity index (χ0) is 18.0. The van der Waals surface area contributed by atoms with E-state index in [0.717, 1.165) is 10.4 Å². The maximum absolute atomic E-state index is 12.3. The maximum atomic E-state index is 12.3. The number of hydrogen-bond donors (Lipinski definition) is 2. The quantitative estimate of drug-likeness (QED) is 0.852. The van der Waals surface area contributed by atoms with Crippen molar-refractivity contribution < 1.29 is 19.1 Å². The molecule has 0 atom stereocenters. The Morgan fingerprint density at radius 3 is 2.84 bits per heavy atom. The van der Waals surface area contributed by atoms with E-state index >= 15 is 0 Å². The Balaban J connectivity index is 1.87. The van der Waals surface area contributed by atoms with Gasteiger partial charge in [0.1, 0.15) is 5.00 Å². The summed E-state index contributed by atoms with van der Waals surface area (Å²) in [6.07, 6.45) is 0.115. The Hall–Kier alpha value is -2.39. The second-order valence-corrected chi connectivity index (χ2v) is 7.43. The number of carbonyl (C=O) groups excluding carboxylic acids is 3. The summed E-state index contributed by atoms with van der Waals surface area (Å²) in [5.41, 5.74) is 6.68. The van der Waals surface area contributed by atoms with Crippen LogP contribution in [0.3, 0.4) is 0 Å². The Labute approximate surface area is 152 Å². The summed E-state index contributed by atoms with van der Waals surface area (Å²) < 4.78 is 5.03. The third-order valence-corrected chi connectivity index (χ3v) is 5.80. The summed E-state index contributed by atoms with van der Waals surface area (Å²) in [6.45, 7) is 2.85. The SMILES string of the molecule is CCOC(=O)N1CCc2c(sc(NC(=O)c3cccs3)c2C(N)=O)C1. The van der Waals surface area contributed by atoms with Crippen molar-refractivity contribution in [1.29, 1.82) is 0 Å². The van der Waals surface area contributed by atoms with E-state index in [4.69, 9.17) is 10.5 Å². The first-order chi connectivity index (χ1) is 12.0. The lowest BCUT2D eigenvalue weighted by atomic mass is 10.0. The van der Waals surface area contributed by atoms with Crippen molar-refractivity contribution in [2.24, 2.45) is 5.73 Å². The molecule has 1 aliphatic heterocycles. The van der Waals surface area contributed by atoms with Crippen LogP contribution in [0.1, 0.15) is 37.4 Å². The fraction of sp³-hybridized carbons (Fsp3) is 0.312. The topological polar surface area (TPSA) is 102 Å². The molecule has 1 aliphatic rings. The fourth-order valence-electron chi connectivity index (χ4n) is 2.70. The molecule has 0 fully saturated rings. The van der Waals surface area contributed by atoms with Crippen molar-refractivity contribution in [2.75, 3.05) is 18.5 Å². The third kappa shape index (κ3) is 3.52. The number of anilines is 1. The molecule has 0 radical (unpaired) electrons. The van der Waals surface area contributed by atoms with Crippen LogP contribution in [0.4, 0.5) is 9.80 Å². The molecule has 25 heavy (non-hydrogen) atoms. The number of thiophene rings is 2. The van der Waals surface area contributed by atoms with Gasteiger partial charge in [0.05, 0.1) is 23.6 Å². The molecule has 7 nitrogen and oxygen atoms in total. The van der Waals surface area contributed by atoms with Gasteiger partial charge in [0.15, 0.2) is 0 Å². The molecule has 3 rings (SSSR count). The standard InChI is InChI=1S/C16H17N3O4S2/c1-2-23-16(22)19-6-5-9-11(8-19)25-15(12(9)13(17)20)18-14(21)10-4-3-7-24-10/h3-4,7H,2,5-6,8H2,1H3,(H2,17,20)(H,18,21). The van der Waals surface area contributed by atoms with Crippen LogP contribution in [-0.2, 0) is 17.7 Å². The minimum absolute atomic E-state index is 0.279. The number of amides is 3. The Kier molecular flexibility index (Phi) is 5.05.